The molecule has 0 aromatic carbocycles. The monoisotopic (exact) mass is 339 g/mol. The van der Waals surface area contributed by atoms with Gasteiger partial charge >= 0.3 is 0 Å². The van der Waals surface area contributed by atoms with Gasteiger partial charge in [-0.15, -0.1) is 11.3 Å². The smallest absolute Gasteiger partial charge is 0.271 e. The average molecular weight is 339 g/mol. The van der Waals surface area contributed by atoms with E-state index in [9.17, 15) is 4.79 Å². The molecule has 0 aliphatic heterocycles. The van der Waals surface area contributed by atoms with Gasteiger partial charge in [0.15, 0.2) is 0 Å². The van der Waals surface area contributed by atoms with Crippen molar-refractivity contribution in [1.82, 2.24) is 14.5 Å². The number of rotatable bonds is 3. The van der Waals surface area contributed by atoms with E-state index in [-0.39, 0.29) is 5.56 Å². The number of fused-ring (bicyclic) bond motifs is 5. The lowest BCUT2D eigenvalue weighted by Crippen LogP contribution is -2.20. The van der Waals surface area contributed by atoms with Crippen molar-refractivity contribution < 1.29 is 0 Å². The van der Waals surface area contributed by atoms with Crippen molar-refractivity contribution >= 4 is 31.8 Å². The molecule has 3 aromatic rings. The summed E-state index contributed by atoms with van der Waals surface area (Å²) < 4.78 is 2.36. The van der Waals surface area contributed by atoms with E-state index in [4.69, 9.17) is 4.98 Å². The lowest BCUT2D eigenvalue weighted by molar-refractivity contribution is 0.740. The van der Waals surface area contributed by atoms with Gasteiger partial charge in [0.25, 0.3) is 5.56 Å². The second kappa shape index (κ2) is 5.52. The summed E-state index contributed by atoms with van der Waals surface area (Å²) in [5.41, 5.74) is 5.76. The third kappa shape index (κ3) is 2.22. The normalized spacial score (nSPS) is 14.0. The maximum Gasteiger partial charge on any atom is 0.271 e. The number of allylic oxidation sites excluding steroid dienone is 1. The third-order valence-corrected chi connectivity index (χ3v) is 5.74. The SMILES string of the molecule is C=C(C)Cn1cnc2c(sc3nc(C(C)C)c4c(c32)CCC4)c1=O. The molecule has 4 rings (SSSR count). The summed E-state index contributed by atoms with van der Waals surface area (Å²) in [4.78, 5) is 23.3. The van der Waals surface area contributed by atoms with Crippen LogP contribution >= 0.6 is 11.3 Å². The van der Waals surface area contributed by atoms with Crippen LogP contribution in [-0.4, -0.2) is 14.5 Å². The van der Waals surface area contributed by atoms with Gasteiger partial charge in [0, 0.05) is 17.6 Å². The minimum absolute atomic E-state index is 0.0174. The maximum atomic E-state index is 12.8. The van der Waals surface area contributed by atoms with Crippen LogP contribution in [0.5, 0.6) is 0 Å². The highest BCUT2D eigenvalue weighted by Crippen LogP contribution is 2.39. The third-order valence-electron chi connectivity index (χ3n) is 4.68. The van der Waals surface area contributed by atoms with Crippen molar-refractivity contribution in [3.63, 3.8) is 0 Å². The molecule has 0 saturated heterocycles. The van der Waals surface area contributed by atoms with E-state index in [1.165, 1.54) is 34.6 Å². The number of hydrogen-bond acceptors (Lipinski definition) is 4. The lowest BCUT2D eigenvalue weighted by atomic mass is 9.99. The van der Waals surface area contributed by atoms with Crippen molar-refractivity contribution in [3.8, 4) is 0 Å². The topological polar surface area (TPSA) is 47.8 Å². The van der Waals surface area contributed by atoms with Gasteiger partial charge in [0.1, 0.15) is 9.53 Å². The summed E-state index contributed by atoms with van der Waals surface area (Å²) in [5.74, 6) is 0.402. The fourth-order valence-corrected chi connectivity index (χ4v) is 4.82. The zero-order valence-corrected chi connectivity index (χ0v) is 15.2. The number of thiophene rings is 1. The van der Waals surface area contributed by atoms with Crippen LogP contribution < -0.4 is 5.56 Å². The van der Waals surface area contributed by atoms with Gasteiger partial charge in [-0.05, 0) is 43.2 Å². The molecule has 0 spiro atoms. The predicted octanol–water partition coefficient (Wildman–Crippen LogP) is 4.19. The maximum absolute atomic E-state index is 12.8. The number of pyridine rings is 1. The van der Waals surface area contributed by atoms with Crippen molar-refractivity contribution in [2.75, 3.05) is 0 Å². The molecule has 0 unspecified atom stereocenters. The first kappa shape index (κ1) is 15.5. The van der Waals surface area contributed by atoms with Crippen LogP contribution in [0.25, 0.3) is 20.4 Å². The van der Waals surface area contributed by atoms with Crippen LogP contribution in [0.15, 0.2) is 23.3 Å². The van der Waals surface area contributed by atoms with Crippen molar-refractivity contribution in [3.05, 3.63) is 45.7 Å². The van der Waals surface area contributed by atoms with E-state index < -0.39 is 0 Å². The number of aromatic nitrogens is 3. The first-order valence-corrected chi connectivity index (χ1v) is 9.26. The van der Waals surface area contributed by atoms with Gasteiger partial charge in [0.05, 0.1) is 11.8 Å². The van der Waals surface area contributed by atoms with Crippen molar-refractivity contribution in [1.29, 1.82) is 0 Å². The molecule has 24 heavy (non-hydrogen) atoms. The lowest BCUT2D eigenvalue weighted by Gasteiger charge is -2.11. The standard InChI is InChI=1S/C19H21N3OS/c1-10(2)8-22-9-20-16-14-12-6-5-7-13(12)15(11(3)4)21-18(14)24-17(16)19(22)23/h9,11H,1,5-8H2,2-4H3. The molecule has 1 aliphatic rings. The van der Waals surface area contributed by atoms with E-state index >= 15 is 0 Å². The van der Waals surface area contributed by atoms with Crippen LogP contribution in [0.1, 0.15) is 49.9 Å². The fraction of sp³-hybridized carbons (Fsp3) is 0.421. The van der Waals surface area contributed by atoms with E-state index in [0.29, 0.717) is 12.5 Å². The Morgan fingerprint density at radius 2 is 2.12 bits per heavy atom. The Morgan fingerprint density at radius 3 is 2.83 bits per heavy atom. The number of nitrogens with zero attached hydrogens (tertiary/aromatic N) is 3. The number of hydrogen-bond donors (Lipinski definition) is 0. The van der Waals surface area contributed by atoms with E-state index in [0.717, 1.165) is 38.8 Å². The molecule has 0 radical (unpaired) electrons. The van der Waals surface area contributed by atoms with E-state index in [1.807, 2.05) is 6.92 Å². The van der Waals surface area contributed by atoms with Gasteiger partial charge in [-0.2, -0.15) is 0 Å². The first-order valence-electron chi connectivity index (χ1n) is 8.45. The second-order valence-corrected chi connectivity index (χ2v) is 8.06. The highest BCUT2D eigenvalue weighted by atomic mass is 32.1. The first-order chi connectivity index (χ1) is 11.5. The highest BCUT2D eigenvalue weighted by Gasteiger charge is 2.25. The molecule has 0 saturated carbocycles. The quantitative estimate of drug-likeness (QED) is 0.672. The van der Waals surface area contributed by atoms with Crippen LogP contribution in [0.3, 0.4) is 0 Å². The molecular weight excluding hydrogens is 318 g/mol. The average Bonchev–Trinajstić information content (AvgIpc) is 3.12. The van der Waals surface area contributed by atoms with Gasteiger partial charge in [-0.25, -0.2) is 9.97 Å². The zero-order valence-electron chi connectivity index (χ0n) is 14.3. The molecule has 0 atom stereocenters. The molecule has 0 amide bonds. The van der Waals surface area contributed by atoms with Crippen molar-refractivity contribution in [2.24, 2.45) is 0 Å². The number of aryl methyl sites for hydroxylation is 1. The molecule has 0 N–H and O–H groups in total. The highest BCUT2D eigenvalue weighted by molar-refractivity contribution is 7.25. The Kier molecular flexibility index (Phi) is 3.57. The summed E-state index contributed by atoms with van der Waals surface area (Å²) in [6.07, 6.45) is 4.98. The summed E-state index contributed by atoms with van der Waals surface area (Å²) in [7, 11) is 0. The molecule has 3 heterocycles. The zero-order chi connectivity index (χ0) is 17.0. The molecular formula is C19H21N3OS. The van der Waals surface area contributed by atoms with Gasteiger partial charge in [-0.1, -0.05) is 26.0 Å². The largest absolute Gasteiger partial charge is 0.294 e. The Labute approximate surface area is 144 Å². The van der Waals surface area contributed by atoms with Crippen LogP contribution in [-0.2, 0) is 19.4 Å². The van der Waals surface area contributed by atoms with Gasteiger partial charge in [0.2, 0.25) is 0 Å². The second-order valence-electron chi connectivity index (χ2n) is 7.06. The predicted molar refractivity (Wildman–Crippen MR) is 100 cm³/mol. The summed E-state index contributed by atoms with van der Waals surface area (Å²) in [6, 6.07) is 0. The van der Waals surface area contributed by atoms with Crippen LogP contribution in [0.4, 0.5) is 0 Å². The molecule has 0 bridgehead atoms. The Bertz CT molecular complexity index is 1040. The molecule has 0 fully saturated rings. The van der Waals surface area contributed by atoms with Gasteiger partial charge < -0.3 is 0 Å². The summed E-state index contributed by atoms with van der Waals surface area (Å²) in [5, 5.41) is 1.12. The van der Waals surface area contributed by atoms with Gasteiger partial charge in [-0.3, -0.25) is 9.36 Å². The molecule has 5 heteroatoms. The summed E-state index contributed by atoms with van der Waals surface area (Å²) in [6.45, 7) is 10.7. The minimum Gasteiger partial charge on any atom is -0.294 e. The molecule has 4 nitrogen and oxygen atoms in total. The van der Waals surface area contributed by atoms with Crippen LogP contribution in [0.2, 0.25) is 0 Å². The Morgan fingerprint density at radius 1 is 1.38 bits per heavy atom. The Balaban J connectivity index is 2.07. The van der Waals surface area contributed by atoms with Crippen molar-refractivity contribution in [2.45, 2.75) is 52.5 Å². The molecule has 3 aromatic heterocycles. The fourth-order valence-electron chi connectivity index (χ4n) is 3.70. The minimum atomic E-state index is 0.0174. The van der Waals surface area contributed by atoms with E-state index in [1.54, 1.807) is 10.9 Å². The summed E-state index contributed by atoms with van der Waals surface area (Å²) >= 11 is 1.49. The molecule has 124 valence electrons. The van der Waals surface area contributed by atoms with E-state index in [2.05, 4.69) is 25.4 Å². The van der Waals surface area contributed by atoms with Crippen LogP contribution in [0, 0.1) is 0 Å². The Hall–Kier alpha value is -2.01. The molecule has 1 aliphatic carbocycles.